The first-order valence-corrected chi connectivity index (χ1v) is 24.6. The minimum Gasteiger partial charge on any atom is -0.274 e. The molecule has 0 aromatic carbocycles. The third-order valence-corrected chi connectivity index (χ3v) is 23.0. The zero-order valence-electron chi connectivity index (χ0n) is 32.0. The normalized spacial score (nSPS) is 18.6. The fourth-order valence-electron chi connectivity index (χ4n) is 8.11. The van der Waals surface area contributed by atoms with E-state index < -0.39 is 8.07 Å². The number of imide groups is 1. The lowest BCUT2D eigenvalue weighted by Crippen LogP contribution is -2.64. The maximum atomic E-state index is 14.5. The molecule has 50 heavy (non-hydrogen) atoms. The van der Waals surface area contributed by atoms with Crippen LogP contribution in [0.3, 0.4) is 0 Å². The topological polar surface area (TPSA) is 37.4 Å². The summed E-state index contributed by atoms with van der Waals surface area (Å²) in [5.74, 6) is 0.869. The van der Waals surface area contributed by atoms with Gasteiger partial charge in [0.15, 0.2) is 8.07 Å². The van der Waals surface area contributed by atoms with Gasteiger partial charge in [0.1, 0.15) is 0 Å². The van der Waals surface area contributed by atoms with Gasteiger partial charge in [-0.1, -0.05) is 126 Å². The average molecular weight is 764 g/mol. The number of carbonyl (C=O) groups excluding carboxylic acids is 2. The first-order valence-electron chi connectivity index (χ1n) is 19.1. The van der Waals surface area contributed by atoms with Gasteiger partial charge in [-0.2, -0.15) is 11.3 Å². The van der Waals surface area contributed by atoms with Crippen LogP contribution in [0.15, 0.2) is 29.6 Å². The van der Waals surface area contributed by atoms with E-state index in [1.165, 1.54) is 51.2 Å². The molecule has 0 saturated carbocycles. The van der Waals surface area contributed by atoms with Gasteiger partial charge in [0.25, 0.3) is 11.8 Å². The third-order valence-electron chi connectivity index (χ3n) is 11.1. The van der Waals surface area contributed by atoms with E-state index in [1.54, 1.807) is 31.1 Å². The summed E-state index contributed by atoms with van der Waals surface area (Å²) in [6.45, 7) is 23.3. The van der Waals surface area contributed by atoms with E-state index in [4.69, 9.17) is 0 Å². The highest BCUT2D eigenvalue weighted by Crippen LogP contribution is 2.51. The summed E-state index contributed by atoms with van der Waals surface area (Å²) in [5.41, 5.74) is 1.20. The van der Waals surface area contributed by atoms with Crippen molar-refractivity contribution < 1.29 is 9.59 Å². The largest absolute Gasteiger partial charge is 0.274 e. The highest BCUT2D eigenvalue weighted by Gasteiger charge is 2.52. The molecule has 270 valence electrons. The van der Waals surface area contributed by atoms with Gasteiger partial charge in [-0.3, -0.25) is 14.5 Å². The standard InChI is InChI=1S/C42H57NO2S4Si/c1-11-15-18-26(13-3)24-43-39(44)33-34(40(43)45)38(42(8,9)10)49-35(33)28-22-29-36(47-28)37-30(23-31(48-37)41(5,6)7)50(29,32-20-17-21-46-32)25-27(14-4)19-16-12-2/h17,20-23,26-27H,11-16,18-19,24-25H2,1-10H3. The maximum absolute atomic E-state index is 14.5. The third kappa shape index (κ3) is 6.52. The second-order valence-corrected chi connectivity index (χ2v) is 25.1. The van der Waals surface area contributed by atoms with Crippen molar-refractivity contribution in [2.75, 3.05) is 6.54 Å². The SMILES string of the molecule is CCCCC(CC)CN1C(=O)c2c(-c3cc4c(s3)-c3sc(C(C)(C)C)cc3[Si]4(CC(CC)CCCC)c3cccs3)sc(C(C)(C)C)c2C1=O. The van der Waals surface area contributed by atoms with Gasteiger partial charge in [0.05, 0.1) is 16.0 Å². The number of thiophene rings is 4. The molecule has 6 rings (SSSR count). The van der Waals surface area contributed by atoms with E-state index >= 15 is 0 Å². The quantitative estimate of drug-likeness (QED) is 0.0947. The van der Waals surface area contributed by atoms with Crippen LogP contribution in [0.1, 0.15) is 151 Å². The van der Waals surface area contributed by atoms with E-state index in [-0.39, 0.29) is 22.6 Å². The first kappa shape index (κ1) is 37.9. The Balaban J connectivity index is 1.55. The number of rotatable bonds is 14. The predicted octanol–water partition coefficient (Wildman–Crippen LogP) is 11.7. The molecule has 4 aromatic heterocycles. The monoisotopic (exact) mass is 763 g/mol. The van der Waals surface area contributed by atoms with Crippen molar-refractivity contribution in [3.05, 3.63) is 50.5 Å². The number of hydrogen-bond acceptors (Lipinski definition) is 6. The summed E-state index contributed by atoms with van der Waals surface area (Å²) in [7, 11) is -2.36. The highest BCUT2D eigenvalue weighted by atomic mass is 32.1. The fraction of sp³-hybridized carbons (Fsp3) is 0.571. The highest BCUT2D eigenvalue weighted by molar-refractivity contribution is 7.38. The lowest BCUT2D eigenvalue weighted by Gasteiger charge is -2.32. The minimum absolute atomic E-state index is 0.0733. The molecule has 3 atom stereocenters. The van der Waals surface area contributed by atoms with Gasteiger partial charge in [-0.25, -0.2) is 0 Å². The number of fused-ring (bicyclic) bond motifs is 4. The molecule has 2 aliphatic heterocycles. The van der Waals surface area contributed by atoms with Crippen LogP contribution in [0.25, 0.3) is 19.5 Å². The molecule has 0 bridgehead atoms. The summed E-state index contributed by atoms with van der Waals surface area (Å²) in [6.07, 6.45) is 9.29. The van der Waals surface area contributed by atoms with Crippen molar-refractivity contribution >= 4 is 80.1 Å². The van der Waals surface area contributed by atoms with Crippen LogP contribution in [-0.2, 0) is 10.8 Å². The smallest absolute Gasteiger partial charge is 0.263 e. The maximum Gasteiger partial charge on any atom is 0.263 e. The van der Waals surface area contributed by atoms with E-state index in [1.807, 2.05) is 34.0 Å². The van der Waals surface area contributed by atoms with Gasteiger partial charge < -0.3 is 0 Å². The fourth-order valence-corrected chi connectivity index (χ4v) is 21.0. The van der Waals surface area contributed by atoms with E-state index in [9.17, 15) is 9.59 Å². The lowest BCUT2D eigenvalue weighted by atomic mass is 9.90. The van der Waals surface area contributed by atoms with Gasteiger partial charge in [0, 0.05) is 35.4 Å². The van der Waals surface area contributed by atoms with Gasteiger partial charge in [-0.05, 0) is 63.0 Å². The Morgan fingerprint density at radius 2 is 1.36 bits per heavy atom. The van der Waals surface area contributed by atoms with Crippen molar-refractivity contribution in [2.45, 2.75) is 137 Å². The number of hydrogen-bond donors (Lipinski definition) is 0. The Hall–Kier alpha value is -1.84. The summed E-state index contributed by atoms with van der Waals surface area (Å²) < 4.78 is 1.57. The summed E-state index contributed by atoms with van der Waals surface area (Å²) in [6, 6.07) is 11.0. The predicted molar refractivity (Wildman–Crippen MR) is 224 cm³/mol. The van der Waals surface area contributed by atoms with Crippen molar-refractivity contribution in [3.8, 4) is 19.5 Å². The molecule has 8 heteroatoms. The lowest BCUT2D eigenvalue weighted by molar-refractivity contribution is 0.0623. The van der Waals surface area contributed by atoms with Gasteiger partial charge >= 0.3 is 0 Å². The molecule has 2 amide bonds. The van der Waals surface area contributed by atoms with Crippen LogP contribution in [0.5, 0.6) is 0 Å². The Morgan fingerprint density at radius 3 is 1.94 bits per heavy atom. The number of unbranched alkanes of at least 4 members (excludes halogenated alkanes) is 2. The molecule has 0 aliphatic carbocycles. The van der Waals surface area contributed by atoms with Gasteiger partial charge in [-0.15, -0.1) is 34.0 Å². The Morgan fingerprint density at radius 1 is 0.740 bits per heavy atom. The van der Waals surface area contributed by atoms with Crippen LogP contribution in [-0.4, -0.2) is 31.3 Å². The van der Waals surface area contributed by atoms with Crippen LogP contribution in [0, 0.1) is 11.8 Å². The Labute approximate surface area is 318 Å². The molecule has 0 spiro atoms. The van der Waals surface area contributed by atoms with Crippen molar-refractivity contribution in [1.29, 1.82) is 0 Å². The van der Waals surface area contributed by atoms with Crippen molar-refractivity contribution in [1.82, 2.24) is 4.90 Å². The van der Waals surface area contributed by atoms with Gasteiger partial charge in [0.2, 0.25) is 0 Å². The van der Waals surface area contributed by atoms with E-state index in [0.29, 0.717) is 29.5 Å². The molecule has 0 radical (unpaired) electrons. The molecule has 2 aliphatic rings. The van der Waals surface area contributed by atoms with Crippen LogP contribution < -0.4 is 14.9 Å². The molecular formula is C42H57NO2S4Si. The molecule has 4 aromatic rings. The van der Waals surface area contributed by atoms with Crippen molar-refractivity contribution in [3.63, 3.8) is 0 Å². The average Bonchev–Trinajstić information content (AvgIpc) is 3.90. The van der Waals surface area contributed by atoms with E-state index in [0.717, 1.165) is 35.4 Å². The molecule has 0 N–H and O–H groups in total. The second-order valence-electron chi connectivity index (χ2n) is 16.9. The zero-order valence-corrected chi connectivity index (χ0v) is 36.3. The summed E-state index contributed by atoms with van der Waals surface area (Å²) in [5, 5.41) is 5.46. The molecule has 0 saturated heterocycles. The second kappa shape index (κ2) is 14.5. The minimum atomic E-state index is -2.36. The molecule has 3 nitrogen and oxygen atoms in total. The van der Waals surface area contributed by atoms with Crippen LogP contribution in [0.2, 0.25) is 6.04 Å². The van der Waals surface area contributed by atoms with Crippen LogP contribution >= 0.6 is 45.3 Å². The molecule has 0 fully saturated rings. The number of nitrogens with zero attached hydrogens (tertiary/aromatic N) is 1. The zero-order chi connectivity index (χ0) is 36.2. The first-order chi connectivity index (χ1) is 23.7. The molecule has 6 heterocycles. The number of amides is 2. The van der Waals surface area contributed by atoms with Crippen LogP contribution in [0.4, 0.5) is 0 Å². The Kier molecular flexibility index (Phi) is 11.0. The summed E-state index contributed by atoms with van der Waals surface area (Å²) in [4.78, 5) is 38.0. The van der Waals surface area contributed by atoms with E-state index in [2.05, 4.69) is 98.9 Å². The summed E-state index contributed by atoms with van der Waals surface area (Å²) >= 11 is 7.57. The Bertz CT molecular complexity index is 1850. The number of carbonyl (C=O) groups is 2. The molecular weight excluding hydrogens is 707 g/mol. The molecule has 3 unspecified atom stereocenters. The van der Waals surface area contributed by atoms with Crippen molar-refractivity contribution in [2.24, 2.45) is 11.8 Å².